The molecule has 6 heteroatoms. The highest BCUT2D eigenvalue weighted by molar-refractivity contribution is 7.17. The first-order valence-corrected chi connectivity index (χ1v) is 8.90. The smallest absolute Gasteiger partial charge is 0.263 e. The lowest BCUT2D eigenvalue weighted by atomic mass is 9.92. The van der Waals surface area contributed by atoms with Crippen LogP contribution in [0.15, 0.2) is 30.3 Å². The number of carbonyl (C=O) groups excluding carboxylic acids is 1. The third kappa shape index (κ3) is 3.30. The van der Waals surface area contributed by atoms with Gasteiger partial charge in [0.15, 0.2) is 5.13 Å². The molecule has 0 aliphatic heterocycles. The van der Waals surface area contributed by atoms with Gasteiger partial charge >= 0.3 is 0 Å². The summed E-state index contributed by atoms with van der Waals surface area (Å²) in [7, 11) is 3.82. The molecule has 1 fully saturated rings. The second kappa shape index (κ2) is 6.53. The van der Waals surface area contributed by atoms with Crippen molar-refractivity contribution in [1.29, 1.82) is 0 Å². The van der Waals surface area contributed by atoms with Gasteiger partial charge in [0.25, 0.3) is 5.91 Å². The van der Waals surface area contributed by atoms with Gasteiger partial charge < -0.3 is 15.3 Å². The second-order valence-electron chi connectivity index (χ2n) is 6.66. The highest BCUT2D eigenvalue weighted by atomic mass is 32.1. The maximum Gasteiger partial charge on any atom is 0.263 e. The first kappa shape index (κ1) is 16.9. The Hall–Kier alpha value is -1.92. The van der Waals surface area contributed by atoms with Gasteiger partial charge in [-0.15, -0.1) is 0 Å². The van der Waals surface area contributed by atoms with Gasteiger partial charge in [0, 0.05) is 26.1 Å². The summed E-state index contributed by atoms with van der Waals surface area (Å²) in [6.07, 6.45) is 1.31. The van der Waals surface area contributed by atoms with E-state index in [9.17, 15) is 9.90 Å². The highest BCUT2D eigenvalue weighted by Crippen LogP contribution is 2.54. The van der Waals surface area contributed by atoms with Gasteiger partial charge in [0.2, 0.25) is 0 Å². The van der Waals surface area contributed by atoms with E-state index in [2.05, 4.69) is 10.3 Å². The van der Waals surface area contributed by atoms with Crippen molar-refractivity contribution < 1.29 is 9.90 Å². The molecule has 1 saturated carbocycles. The fraction of sp³-hybridized carbons (Fsp3) is 0.444. The average molecular weight is 345 g/mol. The quantitative estimate of drug-likeness (QED) is 0.845. The summed E-state index contributed by atoms with van der Waals surface area (Å²) in [4.78, 5) is 19.4. The molecule has 2 aromatic rings. The summed E-state index contributed by atoms with van der Waals surface area (Å²) in [6.45, 7) is 2.33. The maximum atomic E-state index is 12.5. The van der Waals surface area contributed by atoms with Crippen LogP contribution in [0.5, 0.6) is 0 Å². The lowest BCUT2D eigenvalue weighted by molar-refractivity contribution is 0.0810. The minimum atomic E-state index is -0.543. The largest absolute Gasteiger partial charge is 0.388 e. The summed E-state index contributed by atoms with van der Waals surface area (Å²) in [5, 5.41) is 14.5. The number of thiazole rings is 1. The van der Waals surface area contributed by atoms with Gasteiger partial charge in [-0.1, -0.05) is 41.7 Å². The Morgan fingerprint density at radius 2 is 2.04 bits per heavy atom. The number of aromatic nitrogens is 1. The number of nitrogens with one attached hydrogen (secondary N) is 1. The summed E-state index contributed by atoms with van der Waals surface area (Å²) < 4.78 is 0. The standard InChI is InChI=1S/C18H23N3O2S/c1-12-14(24-17(20-12)21(2)3)16(23)19-11-18(9-10-18)15(22)13-7-5-4-6-8-13/h4-8,15,22H,9-11H2,1-3H3,(H,19,23). The molecule has 1 aromatic heterocycles. The summed E-state index contributed by atoms with van der Waals surface area (Å²) >= 11 is 1.39. The van der Waals surface area contributed by atoms with Crippen LogP contribution in [0.3, 0.4) is 0 Å². The van der Waals surface area contributed by atoms with Gasteiger partial charge in [-0.05, 0) is 25.3 Å². The molecule has 1 aliphatic rings. The van der Waals surface area contributed by atoms with Gasteiger partial charge in [0.05, 0.1) is 11.8 Å². The fourth-order valence-electron chi connectivity index (χ4n) is 2.82. The number of aliphatic hydroxyl groups excluding tert-OH is 1. The number of nitrogens with zero attached hydrogens (tertiary/aromatic N) is 2. The van der Waals surface area contributed by atoms with E-state index in [0.29, 0.717) is 11.4 Å². The molecule has 1 amide bonds. The fourth-order valence-corrected chi connectivity index (χ4v) is 3.72. The van der Waals surface area contributed by atoms with E-state index in [4.69, 9.17) is 0 Å². The zero-order chi connectivity index (χ0) is 17.3. The molecule has 24 heavy (non-hydrogen) atoms. The number of benzene rings is 1. The van der Waals surface area contributed by atoms with Crippen molar-refractivity contribution in [2.24, 2.45) is 5.41 Å². The zero-order valence-electron chi connectivity index (χ0n) is 14.2. The molecule has 1 heterocycles. The molecular formula is C18H23N3O2S. The SMILES string of the molecule is Cc1nc(N(C)C)sc1C(=O)NCC1(C(O)c2ccccc2)CC1. The van der Waals surface area contributed by atoms with Crippen molar-refractivity contribution in [3.63, 3.8) is 0 Å². The molecule has 3 rings (SSSR count). The number of rotatable bonds is 6. The average Bonchev–Trinajstić information content (AvgIpc) is 3.27. The molecular weight excluding hydrogens is 322 g/mol. The number of anilines is 1. The Kier molecular flexibility index (Phi) is 4.60. The van der Waals surface area contributed by atoms with E-state index in [1.165, 1.54) is 11.3 Å². The van der Waals surface area contributed by atoms with Crippen LogP contribution in [-0.4, -0.2) is 36.6 Å². The lowest BCUT2D eigenvalue weighted by Crippen LogP contribution is -2.33. The highest BCUT2D eigenvalue weighted by Gasteiger charge is 2.49. The molecule has 0 spiro atoms. The molecule has 2 N–H and O–H groups in total. The van der Waals surface area contributed by atoms with Crippen molar-refractivity contribution >= 4 is 22.4 Å². The van der Waals surface area contributed by atoms with Crippen LogP contribution in [0, 0.1) is 12.3 Å². The van der Waals surface area contributed by atoms with E-state index in [1.807, 2.05) is 56.3 Å². The van der Waals surface area contributed by atoms with Crippen LogP contribution in [0.1, 0.15) is 39.9 Å². The Bertz CT molecular complexity index is 723. The number of hydrogen-bond donors (Lipinski definition) is 2. The Balaban J connectivity index is 1.66. The third-order valence-corrected chi connectivity index (χ3v) is 5.89. The Morgan fingerprint density at radius 1 is 1.38 bits per heavy atom. The molecule has 5 nitrogen and oxygen atoms in total. The van der Waals surface area contributed by atoms with Gasteiger partial charge in [0.1, 0.15) is 4.88 Å². The first-order chi connectivity index (χ1) is 11.4. The van der Waals surface area contributed by atoms with Crippen molar-refractivity contribution in [2.45, 2.75) is 25.9 Å². The second-order valence-corrected chi connectivity index (χ2v) is 7.64. The van der Waals surface area contributed by atoms with Gasteiger partial charge in [-0.25, -0.2) is 4.98 Å². The van der Waals surface area contributed by atoms with Crippen LogP contribution in [-0.2, 0) is 0 Å². The van der Waals surface area contributed by atoms with Crippen LogP contribution in [0.4, 0.5) is 5.13 Å². The number of amides is 1. The Morgan fingerprint density at radius 3 is 2.58 bits per heavy atom. The molecule has 1 atom stereocenters. The molecule has 0 radical (unpaired) electrons. The Labute approximate surface area is 146 Å². The molecule has 1 aromatic carbocycles. The van der Waals surface area contributed by atoms with E-state index in [1.54, 1.807) is 0 Å². The first-order valence-electron chi connectivity index (χ1n) is 8.09. The van der Waals surface area contributed by atoms with Crippen molar-refractivity contribution in [2.75, 3.05) is 25.5 Å². The summed E-state index contributed by atoms with van der Waals surface area (Å²) in [5.74, 6) is -0.107. The van der Waals surface area contributed by atoms with Crippen LogP contribution >= 0.6 is 11.3 Å². The molecule has 0 saturated heterocycles. The van der Waals surface area contributed by atoms with Crippen molar-refractivity contribution in [3.05, 3.63) is 46.5 Å². The maximum absolute atomic E-state index is 12.5. The minimum absolute atomic E-state index is 0.107. The van der Waals surface area contributed by atoms with E-state index in [-0.39, 0.29) is 11.3 Å². The van der Waals surface area contributed by atoms with Crippen molar-refractivity contribution in [3.8, 4) is 0 Å². The van der Waals surface area contributed by atoms with Gasteiger partial charge in [-0.3, -0.25) is 4.79 Å². The van der Waals surface area contributed by atoms with E-state index >= 15 is 0 Å². The van der Waals surface area contributed by atoms with E-state index in [0.717, 1.165) is 29.2 Å². The predicted molar refractivity (Wildman–Crippen MR) is 96.6 cm³/mol. The molecule has 128 valence electrons. The van der Waals surface area contributed by atoms with Crippen LogP contribution < -0.4 is 10.2 Å². The molecule has 0 bridgehead atoms. The minimum Gasteiger partial charge on any atom is -0.388 e. The summed E-state index contributed by atoms with van der Waals surface area (Å²) in [5.41, 5.74) is 1.42. The molecule has 1 aliphatic carbocycles. The monoisotopic (exact) mass is 345 g/mol. The number of carbonyl (C=O) groups is 1. The topological polar surface area (TPSA) is 65.5 Å². The number of aliphatic hydroxyl groups is 1. The normalized spacial score (nSPS) is 16.5. The van der Waals surface area contributed by atoms with E-state index < -0.39 is 6.10 Å². The zero-order valence-corrected chi connectivity index (χ0v) is 15.1. The lowest BCUT2D eigenvalue weighted by Gasteiger charge is -2.23. The predicted octanol–water partition coefficient (Wildman–Crippen LogP) is 2.76. The van der Waals surface area contributed by atoms with Crippen molar-refractivity contribution in [1.82, 2.24) is 10.3 Å². The van der Waals surface area contributed by atoms with Crippen LogP contribution in [0.25, 0.3) is 0 Å². The third-order valence-electron chi connectivity index (χ3n) is 4.56. The van der Waals surface area contributed by atoms with Gasteiger partial charge in [-0.2, -0.15) is 0 Å². The van der Waals surface area contributed by atoms with Crippen LogP contribution in [0.2, 0.25) is 0 Å². The molecule has 1 unspecified atom stereocenters. The number of hydrogen-bond acceptors (Lipinski definition) is 5. The number of aryl methyl sites for hydroxylation is 1. The summed E-state index contributed by atoms with van der Waals surface area (Å²) in [6, 6.07) is 9.66.